The summed E-state index contributed by atoms with van der Waals surface area (Å²) in [5.41, 5.74) is 5.16. The van der Waals surface area contributed by atoms with E-state index in [2.05, 4.69) is 36.6 Å². The summed E-state index contributed by atoms with van der Waals surface area (Å²) < 4.78 is 2.26. The Morgan fingerprint density at radius 1 is 1.50 bits per heavy atom. The molecule has 3 rings (SSSR count). The Hall–Kier alpha value is -1.31. The number of fused-ring (bicyclic) bond motifs is 3. The van der Waals surface area contributed by atoms with Gasteiger partial charge in [0.15, 0.2) is 0 Å². The van der Waals surface area contributed by atoms with E-state index in [-0.39, 0.29) is 0 Å². The molecule has 2 aromatic rings. The van der Waals surface area contributed by atoms with Gasteiger partial charge in [-0.1, -0.05) is 13.0 Å². The predicted molar refractivity (Wildman–Crippen MR) is 56.7 cm³/mol. The van der Waals surface area contributed by atoms with Crippen molar-refractivity contribution < 1.29 is 0 Å². The SMILES string of the molecule is Cc1cccn2c3c(nc12)C(C)CC3. The van der Waals surface area contributed by atoms with Crippen molar-refractivity contribution in [1.29, 1.82) is 0 Å². The summed E-state index contributed by atoms with van der Waals surface area (Å²) in [6.45, 7) is 4.40. The van der Waals surface area contributed by atoms with Crippen LogP contribution >= 0.6 is 0 Å². The van der Waals surface area contributed by atoms with Gasteiger partial charge in [0, 0.05) is 17.8 Å². The molecule has 0 amide bonds. The lowest BCUT2D eigenvalue weighted by molar-refractivity contribution is 0.726. The molecule has 0 N–H and O–H groups in total. The van der Waals surface area contributed by atoms with Crippen molar-refractivity contribution in [3.05, 3.63) is 35.3 Å². The molecule has 1 aliphatic carbocycles. The van der Waals surface area contributed by atoms with Crippen LogP contribution in [0.1, 0.15) is 36.2 Å². The molecule has 0 aliphatic heterocycles. The first kappa shape index (κ1) is 8.04. The summed E-state index contributed by atoms with van der Waals surface area (Å²) in [6, 6.07) is 4.23. The van der Waals surface area contributed by atoms with Crippen molar-refractivity contribution in [3.63, 3.8) is 0 Å². The molecule has 0 bridgehead atoms. The third-order valence-electron chi connectivity index (χ3n) is 3.26. The third kappa shape index (κ3) is 0.884. The molecule has 1 atom stereocenters. The molecular formula is C12H14N2. The van der Waals surface area contributed by atoms with Gasteiger partial charge in [0.2, 0.25) is 0 Å². The number of hydrogen-bond acceptors (Lipinski definition) is 1. The lowest BCUT2D eigenvalue weighted by atomic mass is 10.1. The Kier molecular flexibility index (Phi) is 1.49. The summed E-state index contributed by atoms with van der Waals surface area (Å²) in [5, 5.41) is 0. The van der Waals surface area contributed by atoms with Gasteiger partial charge in [0.05, 0.1) is 5.69 Å². The van der Waals surface area contributed by atoms with Crippen LogP contribution in [0.25, 0.3) is 5.65 Å². The van der Waals surface area contributed by atoms with E-state index in [0.717, 1.165) is 5.65 Å². The average molecular weight is 186 g/mol. The fourth-order valence-electron chi connectivity index (χ4n) is 2.40. The summed E-state index contributed by atoms with van der Waals surface area (Å²) in [7, 11) is 0. The zero-order valence-corrected chi connectivity index (χ0v) is 8.62. The van der Waals surface area contributed by atoms with Crippen molar-refractivity contribution in [2.75, 3.05) is 0 Å². The molecule has 2 aromatic heterocycles. The topological polar surface area (TPSA) is 17.3 Å². The number of pyridine rings is 1. The molecule has 2 heteroatoms. The molecule has 0 radical (unpaired) electrons. The fourth-order valence-corrected chi connectivity index (χ4v) is 2.40. The second-order valence-electron chi connectivity index (χ2n) is 4.27. The molecule has 0 spiro atoms. The number of nitrogens with zero attached hydrogens (tertiary/aromatic N) is 2. The normalized spacial score (nSPS) is 20.3. The van der Waals surface area contributed by atoms with Gasteiger partial charge in [-0.25, -0.2) is 4.98 Å². The molecule has 2 nitrogen and oxygen atoms in total. The van der Waals surface area contributed by atoms with E-state index in [0.29, 0.717) is 5.92 Å². The van der Waals surface area contributed by atoms with Crippen LogP contribution in [0.4, 0.5) is 0 Å². The minimum absolute atomic E-state index is 0.643. The fraction of sp³-hybridized carbons (Fsp3) is 0.417. The van der Waals surface area contributed by atoms with Gasteiger partial charge in [-0.05, 0) is 31.4 Å². The van der Waals surface area contributed by atoms with Crippen molar-refractivity contribution in [3.8, 4) is 0 Å². The molecule has 0 saturated carbocycles. The molecule has 0 fully saturated rings. The predicted octanol–water partition coefficient (Wildman–Crippen LogP) is 2.69. The van der Waals surface area contributed by atoms with Crippen LogP contribution in [-0.2, 0) is 6.42 Å². The van der Waals surface area contributed by atoms with Crippen LogP contribution in [0, 0.1) is 6.92 Å². The molecule has 1 aliphatic rings. The zero-order valence-electron chi connectivity index (χ0n) is 8.62. The highest BCUT2D eigenvalue weighted by Crippen LogP contribution is 2.32. The van der Waals surface area contributed by atoms with Crippen LogP contribution < -0.4 is 0 Å². The average Bonchev–Trinajstić information content (AvgIpc) is 2.69. The second-order valence-corrected chi connectivity index (χ2v) is 4.27. The Morgan fingerprint density at radius 2 is 2.36 bits per heavy atom. The van der Waals surface area contributed by atoms with Crippen LogP contribution in [0.3, 0.4) is 0 Å². The van der Waals surface area contributed by atoms with Crippen molar-refractivity contribution in [2.45, 2.75) is 32.6 Å². The van der Waals surface area contributed by atoms with E-state index in [9.17, 15) is 0 Å². The minimum Gasteiger partial charge on any atom is -0.304 e. The maximum atomic E-state index is 4.74. The maximum Gasteiger partial charge on any atom is 0.140 e. The Balaban J connectivity index is 2.40. The van der Waals surface area contributed by atoms with Gasteiger partial charge in [-0.3, -0.25) is 0 Å². The van der Waals surface area contributed by atoms with E-state index in [4.69, 9.17) is 4.98 Å². The van der Waals surface area contributed by atoms with Crippen LogP contribution in [0.2, 0.25) is 0 Å². The number of hydrogen-bond donors (Lipinski definition) is 0. The monoisotopic (exact) mass is 186 g/mol. The van der Waals surface area contributed by atoms with E-state index in [1.807, 2.05) is 0 Å². The molecule has 14 heavy (non-hydrogen) atoms. The van der Waals surface area contributed by atoms with Crippen molar-refractivity contribution in [1.82, 2.24) is 9.38 Å². The summed E-state index contributed by atoms with van der Waals surface area (Å²) in [5.74, 6) is 0.643. The smallest absolute Gasteiger partial charge is 0.140 e. The first-order valence-corrected chi connectivity index (χ1v) is 5.24. The van der Waals surface area contributed by atoms with Crippen molar-refractivity contribution in [2.24, 2.45) is 0 Å². The van der Waals surface area contributed by atoms with E-state index in [1.165, 1.54) is 29.8 Å². The standard InChI is InChI=1S/C12H14N2/c1-8-5-6-10-11(8)13-12-9(2)4-3-7-14(10)12/h3-4,7-8H,5-6H2,1-2H3. The third-order valence-corrected chi connectivity index (χ3v) is 3.26. The largest absolute Gasteiger partial charge is 0.304 e. The Labute approximate surface area is 83.6 Å². The second kappa shape index (κ2) is 2.59. The molecule has 1 unspecified atom stereocenters. The van der Waals surface area contributed by atoms with Crippen LogP contribution in [0.15, 0.2) is 18.3 Å². The first-order valence-electron chi connectivity index (χ1n) is 5.24. The van der Waals surface area contributed by atoms with Gasteiger partial charge < -0.3 is 4.40 Å². The lowest BCUT2D eigenvalue weighted by Gasteiger charge is -1.99. The number of aromatic nitrogens is 2. The Morgan fingerprint density at radius 3 is 3.21 bits per heavy atom. The first-order chi connectivity index (χ1) is 6.77. The summed E-state index contributed by atoms with van der Waals surface area (Å²) >= 11 is 0. The van der Waals surface area contributed by atoms with Gasteiger partial charge >= 0.3 is 0 Å². The molecule has 0 saturated heterocycles. The van der Waals surface area contributed by atoms with Gasteiger partial charge in [0.1, 0.15) is 5.65 Å². The number of imidazole rings is 1. The maximum absolute atomic E-state index is 4.74. The van der Waals surface area contributed by atoms with Gasteiger partial charge in [-0.15, -0.1) is 0 Å². The number of rotatable bonds is 0. The minimum atomic E-state index is 0.643. The van der Waals surface area contributed by atoms with Gasteiger partial charge in [-0.2, -0.15) is 0 Å². The van der Waals surface area contributed by atoms with E-state index in [1.54, 1.807) is 0 Å². The molecule has 2 heterocycles. The van der Waals surface area contributed by atoms with Crippen LogP contribution in [0.5, 0.6) is 0 Å². The molecule has 72 valence electrons. The van der Waals surface area contributed by atoms with E-state index < -0.39 is 0 Å². The lowest BCUT2D eigenvalue weighted by Crippen LogP contribution is -1.91. The number of aryl methyl sites for hydroxylation is 2. The Bertz CT molecular complexity index is 496. The highest BCUT2D eigenvalue weighted by atomic mass is 15.0. The molecular weight excluding hydrogens is 172 g/mol. The van der Waals surface area contributed by atoms with Gasteiger partial charge in [0.25, 0.3) is 0 Å². The summed E-state index contributed by atoms with van der Waals surface area (Å²) in [6.07, 6.45) is 4.57. The van der Waals surface area contributed by atoms with Crippen LogP contribution in [-0.4, -0.2) is 9.38 Å². The quantitative estimate of drug-likeness (QED) is 0.618. The molecule has 0 aromatic carbocycles. The zero-order chi connectivity index (χ0) is 9.71. The highest BCUT2D eigenvalue weighted by molar-refractivity contribution is 5.51. The van der Waals surface area contributed by atoms with E-state index >= 15 is 0 Å². The summed E-state index contributed by atoms with van der Waals surface area (Å²) in [4.78, 5) is 4.74. The van der Waals surface area contributed by atoms with Crippen molar-refractivity contribution >= 4 is 5.65 Å². The highest BCUT2D eigenvalue weighted by Gasteiger charge is 2.24.